The molecular weight excluding hydrogens is 381 g/mol. The summed E-state index contributed by atoms with van der Waals surface area (Å²) in [6.07, 6.45) is 1.52. The van der Waals surface area contributed by atoms with Crippen LogP contribution >= 0.6 is 11.8 Å². The molecule has 1 saturated heterocycles. The third-order valence-corrected chi connectivity index (χ3v) is 5.27. The third-order valence-electron chi connectivity index (χ3n) is 4.22. The molecule has 1 aliphatic rings. The smallest absolute Gasteiger partial charge is 0.248 e. The minimum Gasteiger partial charge on any atom is -0.312 e. The lowest BCUT2D eigenvalue weighted by molar-refractivity contribution is -0.127. The summed E-state index contributed by atoms with van der Waals surface area (Å²) >= 11 is 1.05. The van der Waals surface area contributed by atoms with Crippen LogP contribution in [0, 0.1) is 5.82 Å². The molecule has 2 aromatic rings. The van der Waals surface area contributed by atoms with Crippen molar-refractivity contribution < 1.29 is 18.8 Å². The van der Waals surface area contributed by atoms with Crippen LogP contribution in [0.3, 0.4) is 0 Å². The van der Waals surface area contributed by atoms with Gasteiger partial charge in [0.05, 0.1) is 12.2 Å². The van der Waals surface area contributed by atoms with Crippen LogP contribution in [0.4, 0.5) is 10.1 Å². The average molecular weight is 401 g/mol. The number of anilines is 1. The normalized spacial score (nSPS) is 13.5. The highest BCUT2D eigenvalue weighted by Crippen LogP contribution is 2.22. The number of benzene rings is 2. The Morgan fingerprint density at radius 3 is 2.43 bits per heavy atom. The number of carbonyl (C=O) groups excluding carboxylic acids is 3. The van der Waals surface area contributed by atoms with Crippen LogP contribution in [0.25, 0.3) is 0 Å². The van der Waals surface area contributed by atoms with Gasteiger partial charge >= 0.3 is 0 Å². The minimum absolute atomic E-state index is 0.0141. The highest BCUT2D eigenvalue weighted by molar-refractivity contribution is 8.00. The molecule has 1 aliphatic heterocycles. The van der Waals surface area contributed by atoms with E-state index in [1.807, 2.05) is 12.1 Å². The lowest BCUT2D eigenvalue weighted by Gasteiger charge is -2.15. The van der Waals surface area contributed by atoms with Crippen molar-refractivity contribution in [2.75, 3.05) is 17.2 Å². The summed E-state index contributed by atoms with van der Waals surface area (Å²) in [5, 5.41) is 0. The lowest BCUT2D eigenvalue weighted by atomic mass is 10.1. The Bertz CT molecular complexity index is 873. The standard InChI is InChI=1S/C20H20FN3O3S/c21-16-4-1-2-5-17(16)28-13-19(26)23-22-18(25)12-14-7-9-15(10-8-14)24-11-3-6-20(24)27/h1-2,4-5,7-10H,3,6,11-13H2,(H,22,25)(H,23,26). The molecule has 146 valence electrons. The van der Waals surface area contributed by atoms with Crippen LogP contribution in [0.5, 0.6) is 0 Å². The number of rotatable bonds is 6. The number of hydrogen-bond donors (Lipinski definition) is 2. The molecule has 0 aromatic heterocycles. The van der Waals surface area contributed by atoms with Crippen LogP contribution in [0.2, 0.25) is 0 Å². The number of nitrogens with one attached hydrogen (secondary N) is 2. The number of thioether (sulfide) groups is 1. The predicted molar refractivity (Wildman–Crippen MR) is 105 cm³/mol. The van der Waals surface area contributed by atoms with E-state index in [0.29, 0.717) is 11.3 Å². The zero-order valence-electron chi connectivity index (χ0n) is 15.1. The minimum atomic E-state index is -0.426. The Morgan fingerprint density at radius 1 is 1.04 bits per heavy atom. The van der Waals surface area contributed by atoms with Crippen LogP contribution < -0.4 is 15.8 Å². The second kappa shape index (κ2) is 9.36. The molecule has 0 atom stereocenters. The largest absolute Gasteiger partial charge is 0.312 e. The van der Waals surface area contributed by atoms with Crippen LogP contribution in [0.1, 0.15) is 18.4 Å². The molecule has 2 aromatic carbocycles. The molecule has 2 N–H and O–H groups in total. The summed E-state index contributed by atoms with van der Waals surface area (Å²) in [5.41, 5.74) is 6.26. The van der Waals surface area contributed by atoms with E-state index in [4.69, 9.17) is 0 Å². The SMILES string of the molecule is O=C(CSc1ccccc1F)NNC(=O)Cc1ccc(N2CCCC2=O)cc1. The Hall–Kier alpha value is -2.87. The van der Waals surface area contributed by atoms with Gasteiger partial charge in [0.15, 0.2) is 0 Å². The first kappa shape index (κ1) is 19.9. The summed E-state index contributed by atoms with van der Waals surface area (Å²) in [6.45, 7) is 0.718. The number of nitrogens with zero attached hydrogens (tertiary/aromatic N) is 1. The zero-order chi connectivity index (χ0) is 19.9. The van der Waals surface area contributed by atoms with Crippen molar-refractivity contribution in [2.45, 2.75) is 24.2 Å². The van der Waals surface area contributed by atoms with Gasteiger partial charge in [0, 0.05) is 23.5 Å². The molecule has 3 rings (SSSR count). The van der Waals surface area contributed by atoms with Gasteiger partial charge in [-0.1, -0.05) is 24.3 Å². The van der Waals surface area contributed by atoms with Gasteiger partial charge in [-0.05, 0) is 36.2 Å². The number of hydrogen-bond acceptors (Lipinski definition) is 4. The van der Waals surface area contributed by atoms with E-state index < -0.39 is 5.91 Å². The second-order valence-corrected chi connectivity index (χ2v) is 7.32. The predicted octanol–water partition coefficient (Wildman–Crippen LogP) is 2.43. The fraction of sp³-hybridized carbons (Fsp3) is 0.250. The average Bonchev–Trinajstić information content (AvgIpc) is 3.12. The van der Waals surface area contributed by atoms with Crippen LogP contribution in [-0.4, -0.2) is 30.0 Å². The second-order valence-electron chi connectivity index (χ2n) is 6.31. The molecule has 1 heterocycles. The van der Waals surface area contributed by atoms with Gasteiger partial charge in [-0.2, -0.15) is 0 Å². The molecule has 0 aliphatic carbocycles. The molecule has 0 saturated carbocycles. The summed E-state index contributed by atoms with van der Waals surface area (Å²) in [4.78, 5) is 37.6. The van der Waals surface area contributed by atoms with E-state index in [1.54, 1.807) is 35.2 Å². The van der Waals surface area contributed by atoms with Gasteiger partial charge in [-0.15, -0.1) is 11.8 Å². The lowest BCUT2D eigenvalue weighted by Crippen LogP contribution is -2.43. The number of hydrazine groups is 1. The van der Waals surface area contributed by atoms with Crippen molar-refractivity contribution >= 4 is 35.2 Å². The van der Waals surface area contributed by atoms with Crippen molar-refractivity contribution in [3.63, 3.8) is 0 Å². The molecule has 28 heavy (non-hydrogen) atoms. The van der Waals surface area contributed by atoms with Gasteiger partial charge in [-0.3, -0.25) is 25.2 Å². The Labute approximate surface area is 166 Å². The van der Waals surface area contributed by atoms with Crippen molar-refractivity contribution in [3.05, 3.63) is 59.9 Å². The maximum absolute atomic E-state index is 13.5. The van der Waals surface area contributed by atoms with Gasteiger partial charge in [0.1, 0.15) is 5.82 Å². The van der Waals surface area contributed by atoms with Gasteiger partial charge in [0.25, 0.3) is 0 Å². The Morgan fingerprint density at radius 2 is 1.75 bits per heavy atom. The van der Waals surface area contributed by atoms with E-state index >= 15 is 0 Å². The quantitative estimate of drug-likeness (QED) is 0.576. The topological polar surface area (TPSA) is 78.5 Å². The van der Waals surface area contributed by atoms with E-state index in [-0.39, 0.29) is 29.8 Å². The molecule has 3 amide bonds. The molecule has 0 unspecified atom stereocenters. The first-order valence-corrected chi connectivity index (χ1v) is 9.86. The fourth-order valence-corrected chi connectivity index (χ4v) is 3.56. The molecule has 6 nitrogen and oxygen atoms in total. The summed E-state index contributed by atoms with van der Waals surface area (Å²) in [6, 6.07) is 13.4. The van der Waals surface area contributed by atoms with E-state index in [2.05, 4.69) is 10.9 Å². The highest BCUT2D eigenvalue weighted by Gasteiger charge is 2.21. The maximum atomic E-state index is 13.5. The van der Waals surface area contributed by atoms with Crippen molar-refractivity contribution in [1.82, 2.24) is 10.9 Å². The monoisotopic (exact) mass is 401 g/mol. The molecular formula is C20H20FN3O3S. The van der Waals surface area contributed by atoms with Gasteiger partial charge < -0.3 is 4.90 Å². The molecule has 1 fully saturated rings. The molecule has 0 spiro atoms. The Balaban J connectivity index is 1.42. The van der Waals surface area contributed by atoms with Crippen molar-refractivity contribution in [1.29, 1.82) is 0 Å². The van der Waals surface area contributed by atoms with Gasteiger partial charge in [0.2, 0.25) is 17.7 Å². The van der Waals surface area contributed by atoms with Crippen LogP contribution in [-0.2, 0) is 20.8 Å². The van der Waals surface area contributed by atoms with E-state index in [0.717, 1.165) is 36.0 Å². The molecule has 8 heteroatoms. The highest BCUT2D eigenvalue weighted by atomic mass is 32.2. The first-order valence-electron chi connectivity index (χ1n) is 8.87. The number of halogens is 1. The first-order chi connectivity index (χ1) is 13.5. The van der Waals surface area contributed by atoms with Gasteiger partial charge in [-0.25, -0.2) is 4.39 Å². The maximum Gasteiger partial charge on any atom is 0.248 e. The zero-order valence-corrected chi connectivity index (χ0v) is 15.9. The summed E-state index contributed by atoms with van der Waals surface area (Å²) in [5.74, 6) is -1.08. The number of amides is 3. The van der Waals surface area contributed by atoms with E-state index in [9.17, 15) is 18.8 Å². The number of carbonyl (C=O) groups is 3. The van der Waals surface area contributed by atoms with Crippen molar-refractivity contribution in [3.8, 4) is 0 Å². The molecule has 0 bridgehead atoms. The van der Waals surface area contributed by atoms with Crippen LogP contribution in [0.15, 0.2) is 53.4 Å². The summed E-state index contributed by atoms with van der Waals surface area (Å²) in [7, 11) is 0. The fourth-order valence-electron chi connectivity index (χ4n) is 2.83. The molecule has 0 radical (unpaired) electrons. The van der Waals surface area contributed by atoms with E-state index in [1.165, 1.54) is 6.07 Å². The van der Waals surface area contributed by atoms with Crippen molar-refractivity contribution in [2.24, 2.45) is 0 Å². The summed E-state index contributed by atoms with van der Waals surface area (Å²) < 4.78 is 13.5. The Kier molecular flexibility index (Phi) is 6.65. The third kappa shape index (κ3) is 5.32.